The molecule has 3 heteroatoms. The van der Waals surface area contributed by atoms with E-state index in [1.807, 2.05) is 0 Å². The predicted molar refractivity (Wildman–Crippen MR) is 66.3 cm³/mol. The Hall–Kier alpha value is -1.27. The van der Waals surface area contributed by atoms with Gasteiger partial charge in [0.15, 0.2) is 0 Å². The summed E-state index contributed by atoms with van der Waals surface area (Å²) < 4.78 is 10.2. The predicted octanol–water partition coefficient (Wildman–Crippen LogP) is 2.31. The summed E-state index contributed by atoms with van der Waals surface area (Å²) in [6.07, 6.45) is 7.37. The van der Waals surface area contributed by atoms with E-state index in [1.54, 1.807) is 6.08 Å². The van der Waals surface area contributed by atoms with Crippen molar-refractivity contribution in [3.05, 3.63) is 12.7 Å². The second-order valence-corrected chi connectivity index (χ2v) is 4.20. The molecule has 1 aliphatic carbocycles. The van der Waals surface area contributed by atoms with Gasteiger partial charge in [0.25, 0.3) is 0 Å². The minimum Gasteiger partial charge on any atom is -0.459 e. The number of hydrogen-bond acceptors (Lipinski definition) is 3. The van der Waals surface area contributed by atoms with Crippen LogP contribution in [0.1, 0.15) is 32.1 Å². The number of esters is 1. The van der Waals surface area contributed by atoms with Gasteiger partial charge in [-0.25, -0.2) is 4.79 Å². The van der Waals surface area contributed by atoms with Gasteiger partial charge in [-0.3, -0.25) is 0 Å². The summed E-state index contributed by atoms with van der Waals surface area (Å²) in [7, 11) is 1.34. The third-order valence-corrected chi connectivity index (χ3v) is 3.01. The van der Waals surface area contributed by atoms with Crippen molar-refractivity contribution in [2.75, 3.05) is 13.7 Å². The highest BCUT2D eigenvalue weighted by Gasteiger charge is 2.24. The van der Waals surface area contributed by atoms with Gasteiger partial charge < -0.3 is 9.47 Å². The number of methoxy groups -OCH3 is 1. The molecule has 0 aromatic carbocycles. The lowest BCUT2D eigenvalue weighted by Gasteiger charge is -2.29. The van der Waals surface area contributed by atoms with E-state index in [0.717, 1.165) is 12.8 Å². The summed E-state index contributed by atoms with van der Waals surface area (Å²) in [5.74, 6) is 5.31. The van der Waals surface area contributed by atoms with Crippen LogP contribution in [0.15, 0.2) is 12.7 Å². The molecule has 0 radical (unpaired) electrons. The zero-order valence-electron chi connectivity index (χ0n) is 10.4. The molecule has 94 valence electrons. The van der Waals surface area contributed by atoms with Crippen molar-refractivity contribution in [2.45, 2.75) is 38.2 Å². The lowest BCUT2D eigenvalue weighted by Crippen LogP contribution is -2.27. The van der Waals surface area contributed by atoms with Crippen LogP contribution in [0.5, 0.6) is 0 Å². The first-order valence-electron chi connectivity index (χ1n) is 6.07. The Bertz CT molecular complexity index is 311. The molecule has 0 unspecified atom stereocenters. The minimum absolute atomic E-state index is 0.258. The quantitative estimate of drug-likeness (QED) is 0.325. The average Bonchev–Trinajstić information content (AvgIpc) is 2.37. The van der Waals surface area contributed by atoms with Crippen LogP contribution in [0.4, 0.5) is 0 Å². The fourth-order valence-electron chi connectivity index (χ4n) is 2.12. The highest BCUT2D eigenvalue weighted by atomic mass is 16.5. The SMILES string of the molecule is C=CCO[C@@H]1CCCC[C@H]1CC#CC(=O)OC. The van der Waals surface area contributed by atoms with Crippen LogP contribution in [0.3, 0.4) is 0 Å². The summed E-state index contributed by atoms with van der Waals surface area (Å²) in [4.78, 5) is 10.9. The van der Waals surface area contributed by atoms with Gasteiger partial charge in [0.05, 0.1) is 19.8 Å². The monoisotopic (exact) mass is 236 g/mol. The van der Waals surface area contributed by atoms with E-state index in [0.29, 0.717) is 18.9 Å². The van der Waals surface area contributed by atoms with Crippen molar-refractivity contribution in [3.8, 4) is 11.8 Å². The van der Waals surface area contributed by atoms with Crippen LogP contribution >= 0.6 is 0 Å². The minimum atomic E-state index is -0.468. The van der Waals surface area contributed by atoms with E-state index in [2.05, 4.69) is 23.2 Å². The smallest absolute Gasteiger partial charge is 0.384 e. The van der Waals surface area contributed by atoms with Gasteiger partial charge in [-0.05, 0) is 18.8 Å². The van der Waals surface area contributed by atoms with E-state index in [4.69, 9.17) is 4.74 Å². The van der Waals surface area contributed by atoms with Crippen LogP contribution in [0.2, 0.25) is 0 Å². The molecule has 0 aromatic rings. The molecule has 1 saturated carbocycles. The van der Waals surface area contributed by atoms with Crippen molar-refractivity contribution in [1.29, 1.82) is 0 Å². The maximum Gasteiger partial charge on any atom is 0.384 e. The van der Waals surface area contributed by atoms with Crippen molar-refractivity contribution >= 4 is 5.97 Å². The Morgan fingerprint density at radius 1 is 1.47 bits per heavy atom. The molecule has 1 rings (SSSR count). The molecular weight excluding hydrogens is 216 g/mol. The van der Waals surface area contributed by atoms with Crippen LogP contribution in [-0.2, 0) is 14.3 Å². The molecule has 0 spiro atoms. The zero-order valence-corrected chi connectivity index (χ0v) is 10.4. The molecule has 0 amide bonds. The van der Waals surface area contributed by atoms with Gasteiger partial charge in [-0.1, -0.05) is 24.8 Å². The first-order valence-corrected chi connectivity index (χ1v) is 6.07. The van der Waals surface area contributed by atoms with E-state index in [9.17, 15) is 4.79 Å². The van der Waals surface area contributed by atoms with Gasteiger partial charge >= 0.3 is 5.97 Å². The van der Waals surface area contributed by atoms with Gasteiger partial charge in [-0.15, -0.1) is 6.58 Å². The van der Waals surface area contributed by atoms with Gasteiger partial charge in [0.2, 0.25) is 0 Å². The third kappa shape index (κ3) is 5.06. The van der Waals surface area contributed by atoms with Crippen molar-refractivity contribution in [2.24, 2.45) is 5.92 Å². The molecule has 0 aromatic heterocycles. The third-order valence-electron chi connectivity index (χ3n) is 3.01. The molecule has 0 bridgehead atoms. The maximum absolute atomic E-state index is 10.9. The molecule has 1 aliphatic rings. The lowest BCUT2D eigenvalue weighted by atomic mass is 9.84. The van der Waals surface area contributed by atoms with Gasteiger partial charge in [-0.2, -0.15) is 0 Å². The summed E-state index contributed by atoms with van der Waals surface area (Å²) in [6, 6.07) is 0. The summed E-state index contributed by atoms with van der Waals surface area (Å²) in [5, 5.41) is 0. The van der Waals surface area contributed by atoms with Crippen LogP contribution in [-0.4, -0.2) is 25.8 Å². The van der Waals surface area contributed by atoms with E-state index in [-0.39, 0.29) is 6.10 Å². The number of carbonyl (C=O) groups is 1. The Kier molecular flexibility index (Phi) is 6.42. The maximum atomic E-state index is 10.9. The second kappa shape index (κ2) is 7.92. The highest BCUT2D eigenvalue weighted by molar-refractivity contribution is 5.88. The molecule has 0 aliphatic heterocycles. The highest BCUT2D eigenvalue weighted by Crippen LogP contribution is 2.29. The molecule has 1 fully saturated rings. The first-order chi connectivity index (χ1) is 8.27. The Labute approximate surface area is 103 Å². The Morgan fingerprint density at radius 3 is 2.94 bits per heavy atom. The van der Waals surface area contributed by atoms with Crippen molar-refractivity contribution in [1.82, 2.24) is 0 Å². The molecule has 3 nitrogen and oxygen atoms in total. The van der Waals surface area contributed by atoms with Crippen LogP contribution in [0.25, 0.3) is 0 Å². The van der Waals surface area contributed by atoms with Gasteiger partial charge in [0.1, 0.15) is 0 Å². The first kappa shape index (κ1) is 13.8. The fourth-order valence-corrected chi connectivity index (χ4v) is 2.12. The lowest BCUT2D eigenvalue weighted by molar-refractivity contribution is -0.133. The van der Waals surface area contributed by atoms with Crippen LogP contribution in [0, 0.1) is 17.8 Å². The van der Waals surface area contributed by atoms with Crippen LogP contribution < -0.4 is 0 Å². The molecule has 2 atom stereocenters. The molecule has 0 saturated heterocycles. The Balaban J connectivity index is 2.43. The number of ether oxygens (including phenoxy) is 2. The van der Waals surface area contributed by atoms with Crippen molar-refractivity contribution < 1.29 is 14.3 Å². The van der Waals surface area contributed by atoms with Gasteiger partial charge in [0, 0.05) is 12.3 Å². The number of hydrogen-bond donors (Lipinski definition) is 0. The standard InChI is InChI=1S/C14H20O3/c1-3-11-17-13-9-5-4-7-12(13)8-6-10-14(15)16-2/h3,12-13H,1,4-5,7-9,11H2,2H3/t12-,13+/m0/s1. The van der Waals surface area contributed by atoms with E-state index < -0.39 is 5.97 Å². The molecule has 0 N–H and O–H groups in total. The number of carbonyl (C=O) groups excluding carboxylic acids is 1. The largest absolute Gasteiger partial charge is 0.459 e. The summed E-state index contributed by atoms with van der Waals surface area (Å²) in [6.45, 7) is 4.24. The van der Waals surface area contributed by atoms with E-state index in [1.165, 1.54) is 20.0 Å². The topological polar surface area (TPSA) is 35.5 Å². The second-order valence-electron chi connectivity index (χ2n) is 4.20. The summed E-state index contributed by atoms with van der Waals surface area (Å²) >= 11 is 0. The Morgan fingerprint density at radius 2 is 2.24 bits per heavy atom. The fraction of sp³-hybridized carbons (Fsp3) is 0.643. The molecule has 17 heavy (non-hydrogen) atoms. The zero-order chi connectivity index (χ0) is 12.5. The average molecular weight is 236 g/mol. The van der Waals surface area contributed by atoms with Crippen molar-refractivity contribution in [3.63, 3.8) is 0 Å². The molecular formula is C14H20O3. The number of rotatable bonds is 4. The normalized spacial score (nSPS) is 23.4. The van der Waals surface area contributed by atoms with E-state index >= 15 is 0 Å². The molecule has 0 heterocycles. The summed E-state index contributed by atoms with van der Waals surface area (Å²) in [5.41, 5.74) is 0.